The maximum Gasteiger partial charge on any atom is 0.325 e. The summed E-state index contributed by atoms with van der Waals surface area (Å²) in [5.74, 6) is -0.114. The quantitative estimate of drug-likeness (QED) is 0.760. The summed E-state index contributed by atoms with van der Waals surface area (Å²) < 4.78 is 0. The normalized spacial score (nSPS) is 26.5. The summed E-state index contributed by atoms with van der Waals surface area (Å²) in [5.41, 5.74) is -0.752. The van der Waals surface area contributed by atoms with Crippen LogP contribution in [0.1, 0.15) is 33.1 Å². The largest absolute Gasteiger partial charge is 0.325 e. The Hall–Kier alpha value is -1.14. The predicted molar refractivity (Wildman–Crippen MR) is 82.1 cm³/mol. The van der Waals surface area contributed by atoms with Crippen LogP contribution in [0.3, 0.4) is 0 Å². The van der Waals surface area contributed by atoms with Crippen molar-refractivity contribution in [2.75, 3.05) is 40.3 Å². The van der Waals surface area contributed by atoms with Crippen LogP contribution < -0.4 is 5.32 Å². The topological polar surface area (TPSA) is 55.9 Å². The molecule has 2 aliphatic heterocycles. The van der Waals surface area contributed by atoms with Crippen LogP contribution in [0, 0.1) is 0 Å². The van der Waals surface area contributed by atoms with E-state index in [1.807, 2.05) is 0 Å². The number of rotatable bonds is 5. The molecule has 120 valence electrons. The lowest BCUT2D eigenvalue weighted by atomic mass is 10.0. The van der Waals surface area contributed by atoms with Gasteiger partial charge in [-0.25, -0.2) is 4.79 Å². The van der Waals surface area contributed by atoms with E-state index >= 15 is 0 Å². The summed E-state index contributed by atoms with van der Waals surface area (Å²) in [7, 11) is 4.26. The second-order valence-corrected chi connectivity index (χ2v) is 6.93. The number of carbonyl (C=O) groups excluding carboxylic acids is 2. The molecule has 6 nitrogen and oxygen atoms in total. The first kappa shape index (κ1) is 16.2. The van der Waals surface area contributed by atoms with Gasteiger partial charge in [-0.1, -0.05) is 0 Å². The minimum absolute atomic E-state index is 0.114. The fourth-order valence-electron chi connectivity index (χ4n) is 3.13. The summed E-state index contributed by atoms with van der Waals surface area (Å²) in [6.45, 7) is 7.16. The Morgan fingerprint density at radius 2 is 2.00 bits per heavy atom. The van der Waals surface area contributed by atoms with Crippen LogP contribution in [0.15, 0.2) is 0 Å². The molecule has 1 N–H and O–H groups in total. The molecular formula is C15H28N4O2. The van der Waals surface area contributed by atoms with Gasteiger partial charge in [0.15, 0.2) is 0 Å². The Labute approximate surface area is 127 Å². The first-order chi connectivity index (χ1) is 9.81. The van der Waals surface area contributed by atoms with Crippen molar-refractivity contribution in [2.45, 2.75) is 44.7 Å². The number of likely N-dealkylation sites (N-methyl/N-ethyl adjacent to an activating group) is 1. The molecule has 2 saturated heterocycles. The van der Waals surface area contributed by atoms with Crippen LogP contribution in [0.25, 0.3) is 0 Å². The Bertz CT molecular complexity index is 408. The van der Waals surface area contributed by atoms with Gasteiger partial charge in [0, 0.05) is 19.1 Å². The van der Waals surface area contributed by atoms with Gasteiger partial charge in [0.1, 0.15) is 5.54 Å². The first-order valence-corrected chi connectivity index (χ1v) is 7.84. The summed E-state index contributed by atoms with van der Waals surface area (Å²) in [4.78, 5) is 30.0. The van der Waals surface area contributed by atoms with Gasteiger partial charge in [0.2, 0.25) is 0 Å². The maximum atomic E-state index is 12.1. The third-order valence-corrected chi connectivity index (χ3v) is 4.51. The predicted octanol–water partition coefficient (Wildman–Crippen LogP) is 0.733. The Kier molecular flexibility index (Phi) is 4.88. The van der Waals surface area contributed by atoms with Crippen LogP contribution >= 0.6 is 0 Å². The van der Waals surface area contributed by atoms with Crippen molar-refractivity contribution in [1.29, 1.82) is 0 Å². The minimum atomic E-state index is -0.752. The molecule has 0 radical (unpaired) electrons. The van der Waals surface area contributed by atoms with Gasteiger partial charge in [-0.3, -0.25) is 9.69 Å². The molecule has 1 atom stereocenters. The van der Waals surface area contributed by atoms with Crippen molar-refractivity contribution in [1.82, 2.24) is 20.0 Å². The van der Waals surface area contributed by atoms with Crippen LogP contribution in [-0.2, 0) is 4.79 Å². The molecule has 0 saturated carbocycles. The number of piperidine rings is 1. The molecule has 21 heavy (non-hydrogen) atoms. The van der Waals surface area contributed by atoms with E-state index in [0.717, 1.165) is 26.1 Å². The molecule has 2 rings (SSSR count). The highest BCUT2D eigenvalue weighted by molar-refractivity contribution is 6.06. The standard InChI is InChI=1S/C15H28N4O2/c1-15(2)13(20)19(14(21)16-15)10-6-9-18-8-5-7-12(11-18)17(3)4/h12H,5-11H2,1-4H3,(H,16,21). The van der Waals surface area contributed by atoms with E-state index < -0.39 is 5.54 Å². The van der Waals surface area contributed by atoms with Crippen LogP contribution in [0.5, 0.6) is 0 Å². The zero-order valence-corrected chi connectivity index (χ0v) is 13.7. The molecule has 0 bridgehead atoms. The number of imide groups is 1. The van der Waals surface area contributed by atoms with Crippen molar-refractivity contribution >= 4 is 11.9 Å². The molecule has 2 heterocycles. The first-order valence-electron chi connectivity index (χ1n) is 7.84. The molecule has 0 aromatic carbocycles. The van der Waals surface area contributed by atoms with Crippen LogP contribution in [-0.4, -0.2) is 78.5 Å². The average Bonchev–Trinajstić information content (AvgIpc) is 2.61. The highest BCUT2D eigenvalue weighted by Crippen LogP contribution is 2.18. The fourth-order valence-corrected chi connectivity index (χ4v) is 3.13. The third kappa shape index (κ3) is 3.74. The van der Waals surface area contributed by atoms with Gasteiger partial charge < -0.3 is 15.1 Å². The third-order valence-electron chi connectivity index (χ3n) is 4.51. The molecule has 3 amide bonds. The van der Waals surface area contributed by atoms with E-state index in [1.54, 1.807) is 13.8 Å². The molecule has 2 aliphatic rings. The van der Waals surface area contributed by atoms with Gasteiger partial charge in [0.05, 0.1) is 0 Å². The Balaban J connectivity index is 1.77. The number of likely N-dealkylation sites (tertiary alicyclic amines) is 1. The van der Waals surface area contributed by atoms with Gasteiger partial charge >= 0.3 is 6.03 Å². The number of nitrogens with zero attached hydrogens (tertiary/aromatic N) is 3. The lowest BCUT2D eigenvalue weighted by Crippen LogP contribution is -2.46. The molecule has 0 aliphatic carbocycles. The highest BCUT2D eigenvalue weighted by Gasteiger charge is 2.43. The summed E-state index contributed by atoms with van der Waals surface area (Å²) in [5, 5.41) is 2.72. The average molecular weight is 296 g/mol. The number of hydrogen-bond acceptors (Lipinski definition) is 4. The Morgan fingerprint density at radius 3 is 2.57 bits per heavy atom. The van der Waals surface area contributed by atoms with Crippen LogP contribution in [0.2, 0.25) is 0 Å². The van der Waals surface area contributed by atoms with Crippen molar-refractivity contribution in [3.05, 3.63) is 0 Å². The lowest BCUT2D eigenvalue weighted by molar-refractivity contribution is -0.130. The summed E-state index contributed by atoms with van der Waals surface area (Å²) in [6, 6.07) is 0.365. The fraction of sp³-hybridized carbons (Fsp3) is 0.867. The number of urea groups is 1. The molecule has 2 fully saturated rings. The van der Waals surface area contributed by atoms with Gasteiger partial charge in [-0.05, 0) is 60.3 Å². The smallest absolute Gasteiger partial charge is 0.324 e. The second kappa shape index (κ2) is 6.32. The number of nitrogens with one attached hydrogen (secondary N) is 1. The second-order valence-electron chi connectivity index (χ2n) is 6.93. The monoisotopic (exact) mass is 296 g/mol. The Morgan fingerprint density at radius 1 is 1.29 bits per heavy atom. The van der Waals surface area contributed by atoms with Gasteiger partial charge in [-0.15, -0.1) is 0 Å². The molecule has 6 heteroatoms. The van der Waals surface area contributed by atoms with E-state index in [4.69, 9.17) is 0 Å². The molecule has 1 unspecified atom stereocenters. The SMILES string of the molecule is CN(C)C1CCCN(CCCN2C(=O)NC(C)(C)C2=O)C1. The lowest BCUT2D eigenvalue weighted by Gasteiger charge is -2.36. The molecule has 0 aromatic heterocycles. The van der Waals surface area contributed by atoms with E-state index in [9.17, 15) is 9.59 Å². The van der Waals surface area contributed by atoms with E-state index in [-0.39, 0.29) is 11.9 Å². The molecule has 0 spiro atoms. The maximum absolute atomic E-state index is 12.1. The zero-order valence-electron chi connectivity index (χ0n) is 13.7. The number of carbonyl (C=O) groups is 2. The van der Waals surface area contributed by atoms with E-state index in [1.165, 1.54) is 17.7 Å². The van der Waals surface area contributed by atoms with Crippen molar-refractivity contribution in [3.63, 3.8) is 0 Å². The molecular weight excluding hydrogens is 268 g/mol. The van der Waals surface area contributed by atoms with Crippen LogP contribution in [0.4, 0.5) is 4.79 Å². The van der Waals surface area contributed by atoms with Crippen molar-refractivity contribution < 1.29 is 9.59 Å². The van der Waals surface area contributed by atoms with Gasteiger partial charge in [0.25, 0.3) is 5.91 Å². The highest BCUT2D eigenvalue weighted by atomic mass is 16.2. The minimum Gasteiger partial charge on any atom is -0.324 e. The number of amides is 3. The summed E-state index contributed by atoms with van der Waals surface area (Å²) >= 11 is 0. The van der Waals surface area contributed by atoms with Crippen molar-refractivity contribution in [2.24, 2.45) is 0 Å². The number of hydrogen-bond donors (Lipinski definition) is 1. The van der Waals surface area contributed by atoms with Gasteiger partial charge in [-0.2, -0.15) is 0 Å². The zero-order chi connectivity index (χ0) is 15.6. The summed E-state index contributed by atoms with van der Waals surface area (Å²) in [6.07, 6.45) is 3.32. The van der Waals surface area contributed by atoms with Crippen molar-refractivity contribution in [3.8, 4) is 0 Å². The van der Waals surface area contributed by atoms with E-state index in [0.29, 0.717) is 12.6 Å². The van der Waals surface area contributed by atoms with E-state index in [2.05, 4.69) is 29.2 Å². The molecule has 0 aromatic rings.